The highest BCUT2D eigenvalue weighted by Crippen LogP contribution is 2.22. The van der Waals surface area contributed by atoms with Gasteiger partial charge < -0.3 is 20.9 Å². The molecule has 2 aromatic heterocycles. The minimum atomic E-state index is -0.577. The first-order valence-corrected chi connectivity index (χ1v) is 7.10. The van der Waals surface area contributed by atoms with E-state index in [1.807, 2.05) is 36.0 Å². The van der Waals surface area contributed by atoms with Crippen LogP contribution in [0, 0.1) is 0 Å². The van der Waals surface area contributed by atoms with Gasteiger partial charge in [-0.2, -0.15) is 10.1 Å². The third-order valence-electron chi connectivity index (χ3n) is 3.49. The number of aromatic nitrogens is 4. The SMILES string of the molecule is C[C@@H](Nc1nncc(Nc2ccc3ccn(C)c3c2)n1)C(N)=O. The summed E-state index contributed by atoms with van der Waals surface area (Å²) < 4.78 is 2.04. The molecule has 0 aliphatic heterocycles. The van der Waals surface area contributed by atoms with E-state index in [1.165, 1.54) is 6.20 Å². The summed E-state index contributed by atoms with van der Waals surface area (Å²) in [5.74, 6) is 0.273. The second-order valence-corrected chi connectivity index (χ2v) is 5.26. The number of nitrogens with zero attached hydrogens (tertiary/aromatic N) is 4. The molecule has 0 aliphatic rings. The van der Waals surface area contributed by atoms with Crippen LogP contribution >= 0.6 is 0 Å². The van der Waals surface area contributed by atoms with Gasteiger partial charge in [-0.05, 0) is 30.5 Å². The molecule has 3 rings (SSSR count). The van der Waals surface area contributed by atoms with Gasteiger partial charge in [-0.1, -0.05) is 6.07 Å². The maximum Gasteiger partial charge on any atom is 0.245 e. The third-order valence-corrected chi connectivity index (χ3v) is 3.49. The highest BCUT2D eigenvalue weighted by Gasteiger charge is 2.10. The fourth-order valence-electron chi connectivity index (χ4n) is 2.18. The van der Waals surface area contributed by atoms with E-state index in [-0.39, 0.29) is 5.95 Å². The molecule has 0 saturated heterocycles. The minimum absolute atomic E-state index is 0.237. The number of carbonyl (C=O) groups excluding carboxylic acids is 1. The molecule has 0 bridgehead atoms. The van der Waals surface area contributed by atoms with Gasteiger partial charge in [0.15, 0.2) is 5.82 Å². The Morgan fingerprint density at radius 3 is 2.96 bits per heavy atom. The number of benzene rings is 1. The van der Waals surface area contributed by atoms with Crippen LogP contribution in [0.2, 0.25) is 0 Å². The lowest BCUT2D eigenvalue weighted by atomic mass is 10.2. The van der Waals surface area contributed by atoms with E-state index in [9.17, 15) is 4.79 Å². The number of nitrogens with two attached hydrogens (primary N) is 1. The lowest BCUT2D eigenvalue weighted by molar-refractivity contribution is -0.118. The van der Waals surface area contributed by atoms with E-state index < -0.39 is 11.9 Å². The summed E-state index contributed by atoms with van der Waals surface area (Å²) in [6.07, 6.45) is 3.52. The normalized spacial score (nSPS) is 12.1. The van der Waals surface area contributed by atoms with Crippen LogP contribution in [0.15, 0.2) is 36.7 Å². The molecule has 0 unspecified atom stereocenters. The van der Waals surface area contributed by atoms with E-state index in [1.54, 1.807) is 6.92 Å². The van der Waals surface area contributed by atoms with Crippen molar-refractivity contribution < 1.29 is 4.79 Å². The third kappa shape index (κ3) is 3.20. The Bertz CT molecular complexity index is 858. The van der Waals surface area contributed by atoms with Gasteiger partial charge >= 0.3 is 0 Å². The van der Waals surface area contributed by atoms with Crippen molar-refractivity contribution in [3.63, 3.8) is 0 Å². The summed E-state index contributed by atoms with van der Waals surface area (Å²) in [5, 5.41) is 14.8. The Kier molecular flexibility index (Phi) is 3.80. The van der Waals surface area contributed by atoms with Crippen LogP contribution in [0.5, 0.6) is 0 Å². The number of hydrogen-bond donors (Lipinski definition) is 3. The molecule has 4 N–H and O–H groups in total. The van der Waals surface area contributed by atoms with Crippen LogP contribution in [0.3, 0.4) is 0 Å². The molecule has 1 atom stereocenters. The highest BCUT2D eigenvalue weighted by atomic mass is 16.1. The van der Waals surface area contributed by atoms with Crippen LogP contribution in [0.4, 0.5) is 17.5 Å². The molecule has 118 valence electrons. The van der Waals surface area contributed by atoms with E-state index in [0.29, 0.717) is 5.82 Å². The molecule has 23 heavy (non-hydrogen) atoms. The molecule has 8 nitrogen and oxygen atoms in total. The largest absolute Gasteiger partial charge is 0.368 e. The van der Waals surface area contributed by atoms with Crippen molar-refractivity contribution in [1.82, 2.24) is 19.7 Å². The first-order chi connectivity index (χ1) is 11.0. The smallest absolute Gasteiger partial charge is 0.245 e. The van der Waals surface area contributed by atoms with Crippen LogP contribution in [-0.2, 0) is 11.8 Å². The zero-order valence-electron chi connectivity index (χ0n) is 12.8. The van der Waals surface area contributed by atoms with Gasteiger partial charge in [0.05, 0.1) is 6.20 Å². The second-order valence-electron chi connectivity index (χ2n) is 5.26. The fraction of sp³-hybridized carbons (Fsp3) is 0.200. The van der Waals surface area contributed by atoms with E-state index in [4.69, 9.17) is 5.73 Å². The van der Waals surface area contributed by atoms with Gasteiger partial charge in [-0.25, -0.2) is 0 Å². The summed E-state index contributed by atoms with van der Waals surface area (Å²) in [6, 6.07) is 7.49. The molecule has 2 heterocycles. The number of amides is 1. The van der Waals surface area contributed by atoms with Gasteiger partial charge in [-0.15, -0.1) is 5.10 Å². The van der Waals surface area contributed by atoms with Crippen molar-refractivity contribution in [2.75, 3.05) is 10.6 Å². The number of fused-ring (bicyclic) bond motifs is 1. The first kappa shape index (κ1) is 14.8. The van der Waals surface area contributed by atoms with Gasteiger partial charge in [0.25, 0.3) is 0 Å². The maximum absolute atomic E-state index is 11.1. The Labute approximate surface area is 132 Å². The average Bonchev–Trinajstić information content (AvgIpc) is 2.89. The number of rotatable bonds is 5. The second kappa shape index (κ2) is 5.91. The lowest BCUT2D eigenvalue weighted by Crippen LogP contribution is -2.33. The quantitative estimate of drug-likeness (QED) is 0.656. The van der Waals surface area contributed by atoms with Crippen LogP contribution in [0.1, 0.15) is 6.92 Å². The summed E-state index contributed by atoms with van der Waals surface area (Å²) in [5.41, 5.74) is 7.20. The Morgan fingerprint density at radius 2 is 2.17 bits per heavy atom. The molecule has 3 aromatic rings. The molecule has 0 saturated carbocycles. The van der Waals surface area contributed by atoms with Crippen molar-refractivity contribution in [3.8, 4) is 0 Å². The molecular weight excluding hydrogens is 294 g/mol. The fourth-order valence-corrected chi connectivity index (χ4v) is 2.18. The van der Waals surface area contributed by atoms with E-state index in [2.05, 4.69) is 31.9 Å². The molecular formula is C15H17N7O. The van der Waals surface area contributed by atoms with Crippen LogP contribution < -0.4 is 16.4 Å². The topological polar surface area (TPSA) is 111 Å². The molecule has 1 amide bonds. The van der Waals surface area contributed by atoms with Crippen molar-refractivity contribution in [2.24, 2.45) is 12.8 Å². The highest BCUT2D eigenvalue weighted by molar-refractivity contribution is 5.84. The van der Waals surface area contributed by atoms with E-state index >= 15 is 0 Å². The zero-order chi connectivity index (χ0) is 16.4. The summed E-state index contributed by atoms with van der Waals surface area (Å²) in [6.45, 7) is 1.63. The zero-order valence-corrected chi connectivity index (χ0v) is 12.8. The molecule has 8 heteroatoms. The number of nitrogens with one attached hydrogen (secondary N) is 2. The van der Waals surface area contributed by atoms with Gasteiger partial charge in [0, 0.05) is 24.4 Å². The predicted molar refractivity (Wildman–Crippen MR) is 88.3 cm³/mol. The number of primary amides is 1. The van der Waals surface area contributed by atoms with Crippen LogP contribution in [-0.4, -0.2) is 31.7 Å². The van der Waals surface area contributed by atoms with Crippen molar-refractivity contribution in [1.29, 1.82) is 0 Å². The standard InChI is InChI=1S/C15H17N7O/c1-9(14(16)23)18-15-20-13(8-17-21-15)19-11-4-3-10-5-6-22(2)12(10)7-11/h3-9H,1-2H3,(H2,16,23)(H2,18,19,20,21)/t9-/m1/s1. The molecule has 0 spiro atoms. The average molecular weight is 311 g/mol. The first-order valence-electron chi connectivity index (χ1n) is 7.10. The number of anilines is 3. The number of aryl methyl sites for hydroxylation is 1. The Balaban J connectivity index is 1.81. The lowest BCUT2D eigenvalue weighted by Gasteiger charge is -2.11. The predicted octanol–water partition coefficient (Wildman–Crippen LogP) is 1.39. The molecule has 0 aliphatic carbocycles. The number of carbonyl (C=O) groups is 1. The summed E-state index contributed by atoms with van der Waals surface area (Å²) in [7, 11) is 1.99. The van der Waals surface area contributed by atoms with Crippen LogP contribution in [0.25, 0.3) is 10.9 Å². The number of hydrogen-bond acceptors (Lipinski definition) is 6. The molecule has 0 radical (unpaired) electrons. The van der Waals surface area contributed by atoms with Crippen molar-refractivity contribution in [3.05, 3.63) is 36.7 Å². The summed E-state index contributed by atoms with van der Waals surface area (Å²) in [4.78, 5) is 15.3. The monoisotopic (exact) mass is 311 g/mol. The van der Waals surface area contributed by atoms with Crippen molar-refractivity contribution in [2.45, 2.75) is 13.0 Å². The molecule has 1 aromatic carbocycles. The maximum atomic E-state index is 11.1. The minimum Gasteiger partial charge on any atom is -0.368 e. The van der Waals surface area contributed by atoms with E-state index in [0.717, 1.165) is 16.6 Å². The molecule has 0 fully saturated rings. The summed E-state index contributed by atoms with van der Waals surface area (Å²) >= 11 is 0. The Morgan fingerprint density at radius 1 is 1.35 bits per heavy atom. The van der Waals surface area contributed by atoms with Gasteiger partial charge in [0.1, 0.15) is 6.04 Å². The van der Waals surface area contributed by atoms with Gasteiger partial charge in [0.2, 0.25) is 11.9 Å². The van der Waals surface area contributed by atoms with Crippen molar-refractivity contribution >= 4 is 34.3 Å². The Hall–Kier alpha value is -3.16. The van der Waals surface area contributed by atoms with Gasteiger partial charge in [-0.3, -0.25) is 4.79 Å².